The summed E-state index contributed by atoms with van der Waals surface area (Å²) >= 11 is 0. The fourth-order valence-corrected chi connectivity index (χ4v) is 5.74. The second-order valence-electron chi connectivity index (χ2n) is 9.58. The van der Waals surface area contributed by atoms with E-state index in [-0.39, 0.29) is 6.10 Å². The van der Waals surface area contributed by atoms with Crippen molar-refractivity contribution in [2.24, 2.45) is 0 Å². The topological polar surface area (TPSA) is 76.5 Å². The van der Waals surface area contributed by atoms with Gasteiger partial charge in [0.2, 0.25) is 0 Å². The predicted molar refractivity (Wildman–Crippen MR) is 134 cm³/mol. The van der Waals surface area contributed by atoms with Gasteiger partial charge in [-0.3, -0.25) is 9.88 Å². The van der Waals surface area contributed by atoms with Crippen LogP contribution in [0.5, 0.6) is 0 Å². The Balaban J connectivity index is 1.24. The molecule has 0 amide bonds. The van der Waals surface area contributed by atoms with E-state index in [1.54, 1.807) is 6.20 Å². The van der Waals surface area contributed by atoms with E-state index in [0.717, 1.165) is 56.8 Å². The first-order chi connectivity index (χ1) is 16.7. The molecule has 3 atom stereocenters. The highest BCUT2D eigenvalue weighted by molar-refractivity contribution is 5.95. The summed E-state index contributed by atoms with van der Waals surface area (Å²) in [6.45, 7) is 8.65. The van der Waals surface area contributed by atoms with Gasteiger partial charge in [0.1, 0.15) is 6.07 Å². The second kappa shape index (κ2) is 8.88. The Labute approximate surface area is 200 Å². The van der Waals surface area contributed by atoms with E-state index in [9.17, 15) is 5.26 Å². The van der Waals surface area contributed by atoms with E-state index < -0.39 is 0 Å². The first-order valence-corrected chi connectivity index (χ1v) is 12.2. The zero-order chi connectivity index (χ0) is 23.1. The highest BCUT2D eigenvalue weighted by atomic mass is 16.5. The fraction of sp³-hybridized carbons (Fsp3) is 0.407. The van der Waals surface area contributed by atoms with Crippen molar-refractivity contribution in [3.8, 4) is 6.07 Å². The van der Waals surface area contributed by atoms with Gasteiger partial charge in [0.05, 0.1) is 29.8 Å². The molecule has 0 radical (unpaired) electrons. The predicted octanol–water partition coefficient (Wildman–Crippen LogP) is 3.27. The van der Waals surface area contributed by atoms with Crippen molar-refractivity contribution in [2.45, 2.75) is 31.7 Å². The summed E-state index contributed by atoms with van der Waals surface area (Å²) in [5.74, 6) is 0. The average molecular weight is 455 g/mol. The normalized spacial score (nSPS) is 24.5. The monoisotopic (exact) mass is 454 g/mol. The van der Waals surface area contributed by atoms with Gasteiger partial charge in [-0.1, -0.05) is 6.07 Å². The molecule has 7 nitrogen and oxygen atoms in total. The molecule has 0 spiro atoms. The first kappa shape index (κ1) is 21.4. The molecule has 2 saturated heterocycles. The van der Waals surface area contributed by atoms with E-state index >= 15 is 0 Å². The summed E-state index contributed by atoms with van der Waals surface area (Å²) < 4.78 is 5.82. The number of nitrogens with zero attached hydrogens (tertiary/aromatic N) is 4. The van der Waals surface area contributed by atoms with E-state index in [4.69, 9.17) is 4.74 Å². The van der Waals surface area contributed by atoms with Gasteiger partial charge in [-0.25, -0.2) is 0 Å². The molecule has 2 fully saturated rings. The summed E-state index contributed by atoms with van der Waals surface area (Å²) in [6.07, 6.45) is 1.99. The Kier molecular flexibility index (Phi) is 5.58. The Morgan fingerprint density at radius 2 is 2.18 bits per heavy atom. The Morgan fingerprint density at radius 3 is 3.03 bits per heavy atom. The average Bonchev–Trinajstić information content (AvgIpc) is 3.26. The molecule has 1 aromatic heterocycles. The van der Waals surface area contributed by atoms with Gasteiger partial charge in [0.25, 0.3) is 0 Å². The molecule has 2 N–H and O–H groups in total. The number of ether oxygens (including phenoxy) is 1. The number of anilines is 2. The molecule has 3 aliphatic rings. The van der Waals surface area contributed by atoms with Crippen LogP contribution >= 0.6 is 0 Å². The van der Waals surface area contributed by atoms with Crippen molar-refractivity contribution < 1.29 is 4.74 Å². The van der Waals surface area contributed by atoms with Crippen LogP contribution in [0.2, 0.25) is 0 Å². The maximum Gasteiger partial charge on any atom is 0.101 e. The molecule has 0 aliphatic carbocycles. The fourth-order valence-electron chi connectivity index (χ4n) is 5.74. The molecule has 3 aromatic rings. The standard InChI is InChI=1S/C27H30N6O/c1-18-15-32(25-7-4-19(12-28)27-24(25)3-2-8-30-27)17-26-23-6-5-21(11-20(23)16-33(18)26)31-14-22-13-29-9-10-34-22/h2-8,11,18,22,26,29,31H,9-10,13-17H2,1H3/t18-,22-,26-/m1/s1. The molecule has 2 aromatic carbocycles. The minimum atomic E-state index is 0.221. The Hall–Kier alpha value is -3.18. The maximum absolute atomic E-state index is 9.52. The van der Waals surface area contributed by atoms with Crippen LogP contribution in [0.25, 0.3) is 10.9 Å². The van der Waals surface area contributed by atoms with Crippen LogP contribution in [0.1, 0.15) is 29.7 Å². The molecular formula is C27H30N6O. The smallest absolute Gasteiger partial charge is 0.101 e. The number of hydrogen-bond donors (Lipinski definition) is 2. The zero-order valence-electron chi connectivity index (χ0n) is 19.5. The summed E-state index contributed by atoms with van der Waals surface area (Å²) in [6, 6.07) is 18.0. The number of benzene rings is 2. The number of fused-ring (bicyclic) bond motifs is 4. The summed E-state index contributed by atoms with van der Waals surface area (Å²) in [5, 5.41) is 17.5. The highest BCUT2D eigenvalue weighted by Crippen LogP contribution is 2.41. The molecule has 6 rings (SSSR count). The molecule has 0 saturated carbocycles. The third kappa shape index (κ3) is 3.78. The van der Waals surface area contributed by atoms with Gasteiger partial charge in [-0.05, 0) is 54.4 Å². The van der Waals surface area contributed by atoms with E-state index in [1.807, 2.05) is 12.1 Å². The Morgan fingerprint density at radius 1 is 1.24 bits per heavy atom. The van der Waals surface area contributed by atoms with Gasteiger partial charge in [0.15, 0.2) is 0 Å². The minimum Gasteiger partial charge on any atom is -0.382 e. The molecule has 34 heavy (non-hydrogen) atoms. The lowest BCUT2D eigenvalue weighted by Crippen LogP contribution is -2.51. The largest absolute Gasteiger partial charge is 0.382 e. The lowest BCUT2D eigenvalue weighted by Gasteiger charge is -2.43. The zero-order valence-corrected chi connectivity index (χ0v) is 19.5. The van der Waals surface area contributed by atoms with Crippen LogP contribution in [0.3, 0.4) is 0 Å². The third-order valence-electron chi connectivity index (χ3n) is 7.45. The lowest BCUT2D eigenvalue weighted by molar-refractivity contribution is 0.0372. The molecule has 3 aliphatic heterocycles. The van der Waals surface area contributed by atoms with Gasteiger partial charge in [0, 0.05) is 68.3 Å². The van der Waals surface area contributed by atoms with Crippen LogP contribution in [0.4, 0.5) is 11.4 Å². The van der Waals surface area contributed by atoms with Crippen LogP contribution in [0, 0.1) is 11.3 Å². The van der Waals surface area contributed by atoms with Crippen LogP contribution in [-0.2, 0) is 11.3 Å². The quantitative estimate of drug-likeness (QED) is 0.627. The van der Waals surface area contributed by atoms with Crippen molar-refractivity contribution in [1.29, 1.82) is 5.26 Å². The van der Waals surface area contributed by atoms with E-state index in [1.165, 1.54) is 22.5 Å². The summed E-state index contributed by atoms with van der Waals surface area (Å²) in [7, 11) is 0. The lowest BCUT2D eigenvalue weighted by atomic mass is 9.99. The number of morpholine rings is 1. The van der Waals surface area contributed by atoms with Crippen molar-refractivity contribution in [2.75, 3.05) is 49.5 Å². The van der Waals surface area contributed by atoms with Gasteiger partial charge in [-0.2, -0.15) is 5.26 Å². The molecule has 0 bridgehead atoms. The van der Waals surface area contributed by atoms with Crippen molar-refractivity contribution in [1.82, 2.24) is 15.2 Å². The highest BCUT2D eigenvalue weighted by Gasteiger charge is 2.39. The SMILES string of the molecule is C[C@@H]1CN(c2ccc(C#N)c3ncccc23)C[C@@H]2c3ccc(NC[C@H]4CNCCO4)cc3CN12. The van der Waals surface area contributed by atoms with Crippen LogP contribution in [-0.4, -0.2) is 61.4 Å². The maximum atomic E-state index is 9.52. The van der Waals surface area contributed by atoms with Gasteiger partial charge in [-0.15, -0.1) is 0 Å². The van der Waals surface area contributed by atoms with Crippen LogP contribution in [0.15, 0.2) is 48.7 Å². The number of rotatable bonds is 4. The van der Waals surface area contributed by atoms with E-state index in [0.29, 0.717) is 17.6 Å². The van der Waals surface area contributed by atoms with Crippen LogP contribution < -0.4 is 15.5 Å². The number of hydrogen-bond acceptors (Lipinski definition) is 7. The number of piperazine rings is 1. The van der Waals surface area contributed by atoms with E-state index in [2.05, 4.69) is 68.7 Å². The molecule has 7 heteroatoms. The molecular weight excluding hydrogens is 424 g/mol. The molecule has 4 heterocycles. The van der Waals surface area contributed by atoms with Gasteiger partial charge >= 0.3 is 0 Å². The number of aromatic nitrogens is 1. The third-order valence-corrected chi connectivity index (χ3v) is 7.45. The number of nitrogens with one attached hydrogen (secondary N) is 2. The number of pyridine rings is 1. The minimum absolute atomic E-state index is 0.221. The first-order valence-electron chi connectivity index (χ1n) is 12.2. The second-order valence-corrected chi connectivity index (χ2v) is 9.58. The van der Waals surface area contributed by atoms with Crippen molar-refractivity contribution in [3.05, 3.63) is 65.4 Å². The summed E-state index contributed by atoms with van der Waals surface area (Å²) in [4.78, 5) is 9.62. The molecule has 174 valence electrons. The summed E-state index contributed by atoms with van der Waals surface area (Å²) in [5.41, 5.74) is 6.60. The Bertz CT molecular complexity index is 1250. The van der Waals surface area contributed by atoms with Crippen molar-refractivity contribution >= 4 is 22.3 Å². The van der Waals surface area contributed by atoms with Gasteiger partial charge < -0.3 is 20.3 Å². The number of nitriles is 1. The van der Waals surface area contributed by atoms with Crippen molar-refractivity contribution in [3.63, 3.8) is 0 Å². The molecule has 0 unspecified atom stereocenters.